The van der Waals surface area contributed by atoms with Gasteiger partial charge >= 0.3 is 5.97 Å². The van der Waals surface area contributed by atoms with Crippen LogP contribution in [-0.2, 0) is 4.74 Å². The maximum Gasteiger partial charge on any atom is 0.360 e. The largest absolute Gasteiger partial charge is 0.461 e. The third-order valence-electron chi connectivity index (χ3n) is 3.08. The van der Waals surface area contributed by atoms with Gasteiger partial charge in [-0.2, -0.15) is 0 Å². The zero-order chi connectivity index (χ0) is 16.2. The number of hydrogen-bond donors (Lipinski definition) is 0. The van der Waals surface area contributed by atoms with Gasteiger partial charge in [-0.05, 0) is 31.2 Å². The molecule has 2 heterocycles. The van der Waals surface area contributed by atoms with Crippen molar-refractivity contribution in [2.75, 3.05) is 6.61 Å². The van der Waals surface area contributed by atoms with Gasteiger partial charge in [-0.25, -0.2) is 9.78 Å². The number of imidazole rings is 1. The van der Waals surface area contributed by atoms with Gasteiger partial charge in [0.1, 0.15) is 11.3 Å². The summed E-state index contributed by atoms with van der Waals surface area (Å²) in [4.78, 5) is 16.4. The molecule has 1 aromatic carbocycles. The lowest BCUT2D eigenvalue weighted by atomic mass is 10.3. The highest BCUT2D eigenvalue weighted by atomic mass is 35.5. The Morgan fingerprint density at radius 3 is 2.78 bits per heavy atom. The third kappa shape index (κ3) is 3.07. The van der Waals surface area contributed by atoms with Crippen LogP contribution in [0.2, 0.25) is 5.02 Å². The summed E-state index contributed by atoms with van der Waals surface area (Å²) < 4.78 is 6.70. The molecule has 0 aliphatic rings. The Bertz CT molecular complexity index is 889. The maximum absolute atomic E-state index is 12.1. The van der Waals surface area contributed by atoms with Crippen molar-refractivity contribution in [1.29, 1.82) is 0 Å². The standard InChI is InChI=1S/C16H13ClN4O2/c1-2-23-16(22)14-15(21-10-6-5-9-13(21)18-14)20-19-12-8-4-3-7-11(12)17/h3-10H,2H2,1H3. The van der Waals surface area contributed by atoms with Gasteiger partial charge in [0.15, 0.2) is 11.5 Å². The third-order valence-corrected chi connectivity index (χ3v) is 3.40. The number of aromatic nitrogens is 2. The van der Waals surface area contributed by atoms with Gasteiger partial charge in [-0.15, -0.1) is 10.2 Å². The number of halogens is 1. The molecule has 2 aromatic heterocycles. The zero-order valence-electron chi connectivity index (χ0n) is 12.3. The van der Waals surface area contributed by atoms with E-state index >= 15 is 0 Å². The summed E-state index contributed by atoms with van der Waals surface area (Å²) in [7, 11) is 0. The van der Waals surface area contributed by atoms with Gasteiger partial charge < -0.3 is 4.74 Å². The van der Waals surface area contributed by atoms with E-state index < -0.39 is 5.97 Å². The van der Waals surface area contributed by atoms with Crippen molar-refractivity contribution in [3.63, 3.8) is 0 Å². The number of esters is 1. The van der Waals surface area contributed by atoms with Crippen LogP contribution in [0, 0.1) is 0 Å². The Morgan fingerprint density at radius 2 is 2.00 bits per heavy atom. The molecule has 7 heteroatoms. The first-order chi connectivity index (χ1) is 11.2. The molecule has 116 valence electrons. The molecule has 0 bridgehead atoms. The number of ether oxygens (including phenoxy) is 1. The molecule has 0 N–H and O–H groups in total. The number of carbonyl (C=O) groups excluding carboxylic acids is 1. The first-order valence-corrected chi connectivity index (χ1v) is 7.39. The Balaban J connectivity index is 2.09. The lowest BCUT2D eigenvalue weighted by Crippen LogP contribution is -2.05. The minimum absolute atomic E-state index is 0.119. The molecular weight excluding hydrogens is 316 g/mol. The van der Waals surface area contributed by atoms with Gasteiger partial charge in [0.25, 0.3) is 0 Å². The zero-order valence-corrected chi connectivity index (χ0v) is 13.1. The molecule has 3 aromatic rings. The van der Waals surface area contributed by atoms with E-state index in [0.29, 0.717) is 22.2 Å². The van der Waals surface area contributed by atoms with Crippen molar-refractivity contribution in [3.8, 4) is 0 Å². The van der Waals surface area contributed by atoms with E-state index in [4.69, 9.17) is 16.3 Å². The van der Waals surface area contributed by atoms with E-state index in [9.17, 15) is 4.79 Å². The van der Waals surface area contributed by atoms with Crippen molar-refractivity contribution in [3.05, 3.63) is 59.4 Å². The van der Waals surface area contributed by atoms with E-state index in [2.05, 4.69) is 15.2 Å². The summed E-state index contributed by atoms with van der Waals surface area (Å²) in [5.41, 5.74) is 1.22. The summed E-state index contributed by atoms with van der Waals surface area (Å²) in [6, 6.07) is 12.5. The maximum atomic E-state index is 12.1. The molecular formula is C16H13ClN4O2. The average molecular weight is 329 g/mol. The van der Waals surface area contributed by atoms with Crippen LogP contribution >= 0.6 is 11.6 Å². The van der Waals surface area contributed by atoms with Crippen LogP contribution in [0.15, 0.2) is 58.9 Å². The summed E-state index contributed by atoms with van der Waals surface area (Å²) in [6.07, 6.45) is 1.76. The Kier molecular flexibility index (Phi) is 4.34. The molecule has 0 saturated carbocycles. The lowest BCUT2D eigenvalue weighted by molar-refractivity contribution is 0.0521. The summed E-state index contributed by atoms with van der Waals surface area (Å²) in [5, 5.41) is 8.77. The molecule has 0 aliphatic carbocycles. The van der Waals surface area contributed by atoms with Gasteiger partial charge in [0.05, 0.1) is 11.6 Å². The molecule has 23 heavy (non-hydrogen) atoms. The number of pyridine rings is 1. The molecule has 0 amide bonds. The molecule has 3 rings (SSSR count). The van der Waals surface area contributed by atoms with Crippen molar-refractivity contribution in [2.24, 2.45) is 10.2 Å². The summed E-state index contributed by atoms with van der Waals surface area (Å²) in [6.45, 7) is 1.99. The first-order valence-electron chi connectivity index (χ1n) is 7.01. The summed E-state index contributed by atoms with van der Waals surface area (Å²) >= 11 is 6.07. The van der Waals surface area contributed by atoms with E-state index in [1.54, 1.807) is 47.9 Å². The second-order valence-corrected chi connectivity index (χ2v) is 4.99. The van der Waals surface area contributed by atoms with Crippen LogP contribution in [0.1, 0.15) is 17.4 Å². The van der Waals surface area contributed by atoms with Crippen molar-refractivity contribution in [1.82, 2.24) is 9.38 Å². The van der Waals surface area contributed by atoms with Gasteiger partial charge in [-0.1, -0.05) is 29.8 Å². The smallest absolute Gasteiger partial charge is 0.360 e. The number of benzene rings is 1. The van der Waals surface area contributed by atoms with Crippen LogP contribution in [0.25, 0.3) is 5.65 Å². The molecule has 0 saturated heterocycles. The lowest BCUT2D eigenvalue weighted by Gasteiger charge is -2.00. The van der Waals surface area contributed by atoms with Crippen LogP contribution in [-0.4, -0.2) is 22.0 Å². The number of rotatable bonds is 4. The Hall–Kier alpha value is -2.73. The van der Waals surface area contributed by atoms with Gasteiger partial charge in [0.2, 0.25) is 0 Å². The fourth-order valence-corrected chi connectivity index (χ4v) is 2.22. The SMILES string of the molecule is CCOC(=O)c1nc2ccccn2c1N=Nc1ccccc1Cl. The first kappa shape index (κ1) is 15.2. The van der Waals surface area contributed by atoms with Crippen LogP contribution in [0.5, 0.6) is 0 Å². The van der Waals surface area contributed by atoms with E-state index in [1.165, 1.54) is 0 Å². The molecule has 0 aliphatic heterocycles. The molecule has 0 atom stereocenters. The number of nitrogens with zero attached hydrogens (tertiary/aromatic N) is 4. The fourth-order valence-electron chi connectivity index (χ4n) is 2.05. The molecule has 0 radical (unpaired) electrons. The molecule has 6 nitrogen and oxygen atoms in total. The monoisotopic (exact) mass is 328 g/mol. The highest BCUT2D eigenvalue weighted by Gasteiger charge is 2.20. The predicted molar refractivity (Wildman–Crippen MR) is 86.8 cm³/mol. The van der Waals surface area contributed by atoms with E-state index in [0.717, 1.165) is 0 Å². The molecule has 0 fully saturated rings. The number of fused-ring (bicyclic) bond motifs is 1. The minimum Gasteiger partial charge on any atom is -0.461 e. The van der Waals surface area contributed by atoms with Crippen molar-refractivity contribution < 1.29 is 9.53 Å². The van der Waals surface area contributed by atoms with Gasteiger partial charge in [0, 0.05) is 6.20 Å². The average Bonchev–Trinajstić information content (AvgIpc) is 2.93. The van der Waals surface area contributed by atoms with Crippen molar-refractivity contribution in [2.45, 2.75) is 6.92 Å². The quantitative estimate of drug-likeness (QED) is 0.520. The fraction of sp³-hybridized carbons (Fsp3) is 0.125. The Labute approximate surface area is 137 Å². The van der Waals surface area contributed by atoms with Gasteiger partial charge in [-0.3, -0.25) is 4.40 Å². The van der Waals surface area contributed by atoms with Crippen LogP contribution in [0.4, 0.5) is 11.5 Å². The second-order valence-electron chi connectivity index (χ2n) is 4.58. The van der Waals surface area contributed by atoms with E-state index in [-0.39, 0.29) is 12.3 Å². The number of carbonyl (C=O) groups is 1. The summed E-state index contributed by atoms with van der Waals surface area (Å²) in [5.74, 6) is -0.233. The highest BCUT2D eigenvalue weighted by Crippen LogP contribution is 2.28. The number of azo groups is 1. The molecule has 0 unspecified atom stereocenters. The Morgan fingerprint density at radius 1 is 1.22 bits per heavy atom. The topological polar surface area (TPSA) is 68.3 Å². The molecule has 0 spiro atoms. The number of hydrogen-bond acceptors (Lipinski definition) is 5. The highest BCUT2D eigenvalue weighted by molar-refractivity contribution is 6.32. The second kappa shape index (κ2) is 6.58. The van der Waals surface area contributed by atoms with E-state index in [1.807, 2.05) is 12.1 Å². The minimum atomic E-state index is -0.538. The normalized spacial score (nSPS) is 11.2. The predicted octanol–water partition coefficient (Wildman–Crippen LogP) is 4.58. The van der Waals surface area contributed by atoms with Crippen LogP contribution < -0.4 is 0 Å². The van der Waals surface area contributed by atoms with Crippen molar-refractivity contribution >= 4 is 34.7 Å². The van der Waals surface area contributed by atoms with Crippen LogP contribution in [0.3, 0.4) is 0 Å².